The van der Waals surface area contributed by atoms with E-state index in [1.807, 2.05) is 13.8 Å². The van der Waals surface area contributed by atoms with Crippen LogP contribution in [0.3, 0.4) is 0 Å². The van der Waals surface area contributed by atoms with Gasteiger partial charge in [0.2, 0.25) is 5.91 Å². The Morgan fingerprint density at radius 1 is 1.33 bits per heavy atom. The Hall–Kier alpha value is -1.89. The summed E-state index contributed by atoms with van der Waals surface area (Å²) in [7, 11) is 1.34. The Morgan fingerprint density at radius 2 is 2.00 bits per heavy atom. The van der Waals surface area contributed by atoms with Crippen LogP contribution in [0.15, 0.2) is 18.2 Å². The number of benzene rings is 1. The van der Waals surface area contributed by atoms with Gasteiger partial charge in [0.25, 0.3) is 0 Å². The Balaban J connectivity index is 2.81. The van der Waals surface area contributed by atoms with Gasteiger partial charge in [-0.25, -0.2) is 0 Å². The van der Waals surface area contributed by atoms with E-state index in [1.54, 1.807) is 0 Å². The number of anilines is 1. The van der Waals surface area contributed by atoms with Crippen molar-refractivity contribution >= 4 is 11.6 Å². The van der Waals surface area contributed by atoms with E-state index in [0.717, 1.165) is 0 Å². The number of nitrogens with two attached hydrogens (primary N) is 1. The lowest BCUT2D eigenvalue weighted by Crippen LogP contribution is -2.36. The molecule has 21 heavy (non-hydrogen) atoms. The van der Waals surface area contributed by atoms with Crippen molar-refractivity contribution < 1.29 is 23.0 Å². The van der Waals surface area contributed by atoms with Gasteiger partial charge in [0.05, 0.1) is 13.2 Å². The molecule has 0 spiro atoms. The fraction of sp³-hybridized carbons (Fsp3) is 0.500. The maximum absolute atomic E-state index is 12.3. The van der Waals surface area contributed by atoms with Crippen LogP contribution >= 0.6 is 0 Å². The maximum Gasteiger partial charge on any atom is 0.387 e. The van der Waals surface area contributed by atoms with Gasteiger partial charge in [-0.1, -0.05) is 13.8 Å². The van der Waals surface area contributed by atoms with Crippen molar-refractivity contribution in [2.24, 2.45) is 11.7 Å². The lowest BCUT2D eigenvalue weighted by molar-refractivity contribution is -0.117. The van der Waals surface area contributed by atoms with E-state index < -0.39 is 12.7 Å². The molecule has 0 aliphatic rings. The number of nitrogens with one attached hydrogen (secondary N) is 1. The highest BCUT2D eigenvalue weighted by atomic mass is 19.3. The third kappa shape index (κ3) is 5.55. The van der Waals surface area contributed by atoms with Gasteiger partial charge in [-0.3, -0.25) is 4.79 Å². The number of alkyl halides is 2. The summed E-state index contributed by atoms with van der Waals surface area (Å²) < 4.78 is 33.9. The molecule has 0 saturated heterocycles. The number of hydrogen-bond donors (Lipinski definition) is 2. The second kappa shape index (κ2) is 7.78. The number of hydrogen-bond acceptors (Lipinski definition) is 4. The molecular formula is C14H20F2N2O3. The van der Waals surface area contributed by atoms with Crippen molar-refractivity contribution in [3.05, 3.63) is 18.2 Å². The van der Waals surface area contributed by atoms with Crippen LogP contribution in [-0.4, -0.2) is 25.7 Å². The summed E-state index contributed by atoms with van der Waals surface area (Å²) >= 11 is 0. The minimum atomic E-state index is -2.98. The Kier molecular flexibility index (Phi) is 6.36. The van der Waals surface area contributed by atoms with Gasteiger partial charge in [-0.2, -0.15) is 8.78 Å². The first-order chi connectivity index (χ1) is 9.83. The first-order valence-electron chi connectivity index (χ1n) is 6.52. The molecule has 1 unspecified atom stereocenters. The number of rotatable bonds is 7. The summed E-state index contributed by atoms with van der Waals surface area (Å²) in [6.45, 7) is 0.928. The van der Waals surface area contributed by atoms with E-state index in [2.05, 4.69) is 10.1 Å². The monoisotopic (exact) mass is 302 g/mol. The van der Waals surface area contributed by atoms with Crippen molar-refractivity contribution in [2.75, 3.05) is 12.4 Å². The SMILES string of the molecule is COc1ccc(NC(=O)C(N)CC(C)C)cc1OC(F)F. The Bertz CT molecular complexity index is 481. The van der Waals surface area contributed by atoms with Crippen molar-refractivity contribution in [1.29, 1.82) is 0 Å². The first kappa shape index (κ1) is 17.2. The van der Waals surface area contributed by atoms with Gasteiger partial charge in [-0.05, 0) is 24.5 Å². The number of amides is 1. The highest BCUT2D eigenvalue weighted by Crippen LogP contribution is 2.31. The van der Waals surface area contributed by atoms with Crippen LogP contribution in [0, 0.1) is 5.92 Å². The van der Waals surface area contributed by atoms with E-state index in [0.29, 0.717) is 12.1 Å². The fourth-order valence-corrected chi connectivity index (χ4v) is 1.79. The van der Waals surface area contributed by atoms with Crippen LogP contribution < -0.4 is 20.5 Å². The molecular weight excluding hydrogens is 282 g/mol. The van der Waals surface area contributed by atoms with E-state index in [-0.39, 0.29) is 23.3 Å². The molecule has 1 atom stereocenters. The van der Waals surface area contributed by atoms with Crippen LogP contribution in [-0.2, 0) is 4.79 Å². The molecule has 7 heteroatoms. The first-order valence-corrected chi connectivity index (χ1v) is 6.52. The normalized spacial score (nSPS) is 12.4. The van der Waals surface area contributed by atoms with Crippen LogP contribution in [0.4, 0.5) is 14.5 Å². The average Bonchev–Trinajstić information content (AvgIpc) is 2.37. The molecule has 0 saturated carbocycles. The molecule has 1 aromatic rings. The number of halogens is 2. The van der Waals surface area contributed by atoms with Crippen molar-refractivity contribution in [3.63, 3.8) is 0 Å². The molecule has 0 heterocycles. The number of carbonyl (C=O) groups excluding carboxylic acids is 1. The topological polar surface area (TPSA) is 73.6 Å². The molecule has 1 rings (SSSR count). The van der Waals surface area contributed by atoms with E-state index in [1.165, 1.54) is 25.3 Å². The molecule has 0 aliphatic heterocycles. The lowest BCUT2D eigenvalue weighted by atomic mass is 10.0. The number of ether oxygens (including phenoxy) is 2. The van der Waals surface area contributed by atoms with Gasteiger partial charge in [0.1, 0.15) is 0 Å². The van der Waals surface area contributed by atoms with Gasteiger partial charge in [0.15, 0.2) is 11.5 Å². The molecule has 0 aliphatic carbocycles. The fourth-order valence-electron chi connectivity index (χ4n) is 1.79. The highest BCUT2D eigenvalue weighted by molar-refractivity contribution is 5.94. The second-order valence-corrected chi connectivity index (χ2v) is 4.97. The number of carbonyl (C=O) groups is 1. The maximum atomic E-state index is 12.3. The van der Waals surface area contributed by atoms with Crippen molar-refractivity contribution in [1.82, 2.24) is 0 Å². The summed E-state index contributed by atoms with van der Waals surface area (Å²) in [6.07, 6.45) is 0.530. The molecule has 1 amide bonds. The van der Waals surface area contributed by atoms with Crippen molar-refractivity contribution in [2.45, 2.75) is 32.9 Å². The largest absolute Gasteiger partial charge is 0.493 e. The Morgan fingerprint density at radius 3 is 2.52 bits per heavy atom. The summed E-state index contributed by atoms with van der Waals surface area (Å²) in [5.41, 5.74) is 6.07. The van der Waals surface area contributed by atoms with Crippen molar-refractivity contribution in [3.8, 4) is 11.5 Å². The van der Waals surface area contributed by atoms with Crippen LogP contribution in [0.25, 0.3) is 0 Å². The third-order valence-electron chi connectivity index (χ3n) is 2.71. The predicted octanol–water partition coefficient (Wildman–Crippen LogP) is 2.61. The minimum absolute atomic E-state index is 0.150. The van der Waals surface area contributed by atoms with Crippen LogP contribution in [0.1, 0.15) is 20.3 Å². The lowest BCUT2D eigenvalue weighted by Gasteiger charge is -2.15. The van der Waals surface area contributed by atoms with Gasteiger partial charge >= 0.3 is 6.61 Å². The predicted molar refractivity (Wildman–Crippen MR) is 75.7 cm³/mol. The zero-order valence-corrected chi connectivity index (χ0v) is 12.2. The molecule has 0 aromatic heterocycles. The zero-order valence-electron chi connectivity index (χ0n) is 12.2. The van der Waals surface area contributed by atoms with Gasteiger partial charge in [-0.15, -0.1) is 0 Å². The van der Waals surface area contributed by atoms with Crippen LogP contribution in [0.2, 0.25) is 0 Å². The van der Waals surface area contributed by atoms with Gasteiger partial charge in [0, 0.05) is 11.8 Å². The Labute approximate surface area is 122 Å². The van der Waals surface area contributed by atoms with E-state index in [9.17, 15) is 13.6 Å². The molecule has 0 radical (unpaired) electrons. The standard InChI is InChI=1S/C14H20F2N2O3/c1-8(2)6-10(17)13(19)18-9-4-5-11(20-3)12(7-9)21-14(15)16/h4-5,7-8,10,14H,6,17H2,1-3H3,(H,18,19). The third-order valence-corrected chi connectivity index (χ3v) is 2.71. The molecule has 5 nitrogen and oxygen atoms in total. The second-order valence-electron chi connectivity index (χ2n) is 4.97. The zero-order chi connectivity index (χ0) is 16.0. The molecule has 3 N–H and O–H groups in total. The van der Waals surface area contributed by atoms with Crippen LogP contribution in [0.5, 0.6) is 11.5 Å². The summed E-state index contributed by atoms with van der Waals surface area (Å²) in [4.78, 5) is 11.9. The number of methoxy groups -OCH3 is 1. The quantitative estimate of drug-likeness (QED) is 0.812. The van der Waals surface area contributed by atoms with E-state index in [4.69, 9.17) is 10.5 Å². The minimum Gasteiger partial charge on any atom is -0.493 e. The highest BCUT2D eigenvalue weighted by Gasteiger charge is 2.17. The summed E-state index contributed by atoms with van der Waals surface area (Å²) in [5, 5.41) is 2.57. The van der Waals surface area contributed by atoms with Gasteiger partial charge < -0.3 is 20.5 Å². The summed E-state index contributed by atoms with van der Waals surface area (Å²) in [6, 6.07) is 3.57. The summed E-state index contributed by atoms with van der Waals surface area (Å²) in [5.74, 6) is -0.0984. The molecule has 0 fully saturated rings. The average molecular weight is 302 g/mol. The molecule has 1 aromatic carbocycles. The molecule has 0 bridgehead atoms. The molecule has 118 valence electrons. The smallest absolute Gasteiger partial charge is 0.387 e. The van der Waals surface area contributed by atoms with E-state index >= 15 is 0 Å².